The summed E-state index contributed by atoms with van der Waals surface area (Å²) >= 11 is 0. The minimum absolute atomic E-state index is 0.248. The summed E-state index contributed by atoms with van der Waals surface area (Å²) in [6.45, 7) is 5.63. The molecule has 0 unspecified atom stereocenters. The first-order chi connectivity index (χ1) is 9.42. The van der Waals surface area contributed by atoms with Gasteiger partial charge in [-0.25, -0.2) is 4.39 Å². The number of hydrogen-bond acceptors (Lipinski definition) is 2. The Morgan fingerprint density at radius 2 is 1.90 bits per heavy atom. The zero-order valence-corrected chi connectivity index (χ0v) is 11.6. The molecule has 0 fully saturated rings. The molecule has 2 aromatic carbocycles. The average molecular weight is 267 g/mol. The Morgan fingerprint density at radius 3 is 2.60 bits per heavy atom. The van der Waals surface area contributed by atoms with E-state index in [1.807, 2.05) is 26.0 Å². The molecule has 0 atom stereocenters. The summed E-state index contributed by atoms with van der Waals surface area (Å²) in [6, 6.07) is 10.8. The van der Waals surface area contributed by atoms with Crippen LogP contribution in [0.2, 0.25) is 0 Å². The maximum Gasteiger partial charge on any atom is 0.129 e. The number of fused-ring (bicyclic) bond motifs is 3. The van der Waals surface area contributed by atoms with Crippen LogP contribution in [0.1, 0.15) is 30.5 Å². The third kappa shape index (κ3) is 1.77. The first-order valence-electron chi connectivity index (χ1n) is 6.46. The lowest BCUT2D eigenvalue weighted by Crippen LogP contribution is -2.29. The van der Waals surface area contributed by atoms with Gasteiger partial charge in [0.05, 0.1) is 11.6 Å². The van der Waals surface area contributed by atoms with Gasteiger partial charge in [-0.15, -0.1) is 0 Å². The van der Waals surface area contributed by atoms with Crippen LogP contribution in [0.3, 0.4) is 0 Å². The van der Waals surface area contributed by atoms with Crippen LogP contribution in [0.4, 0.5) is 4.39 Å². The molecule has 0 saturated heterocycles. The molecule has 2 nitrogen and oxygen atoms in total. The van der Waals surface area contributed by atoms with Crippen molar-refractivity contribution in [2.45, 2.75) is 26.4 Å². The van der Waals surface area contributed by atoms with E-state index in [-0.39, 0.29) is 5.82 Å². The molecule has 0 radical (unpaired) electrons. The van der Waals surface area contributed by atoms with Crippen molar-refractivity contribution >= 4 is 0 Å². The Kier molecular flexibility index (Phi) is 2.58. The standard InChI is InChI=1S/C17H14FNO/c1-10-6-16-13(8-15(10)18)12-5-4-11(9-19)7-14(12)17(2,3)20-16/h4-8H,1-3H3. The number of rotatable bonds is 0. The molecule has 0 saturated carbocycles. The molecule has 0 amide bonds. The van der Waals surface area contributed by atoms with Crippen molar-refractivity contribution in [2.24, 2.45) is 0 Å². The Hall–Kier alpha value is -2.34. The van der Waals surface area contributed by atoms with Gasteiger partial charge in [-0.3, -0.25) is 0 Å². The molecule has 20 heavy (non-hydrogen) atoms. The molecule has 0 aromatic heterocycles. The van der Waals surface area contributed by atoms with Crippen LogP contribution < -0.4 is 4.74 Å². The summed E-state index contributed by atoms with van der Waals surface area (Å²) in [7, 11) is 0. The molecule has 0 aliphatic carbocycles. The van der Waals surface area contributed by atoms with Gasteiger partial charge in [-0.2, -0.15) is 5.26 Å². The first kappa shape index (κ1) is 12.7. The summed E-state index contributed by atoms with van der Waals surface area (Å²) in [5, 5.41) is 9.03. The van der Waals surface area contributed by atoms with E-state index in [0.29, 0.717) is 16.9 Å². The van der Waals surface area contributed by atoms with Gasteiger partial charge in [-0.1, -0.05) is 6.07 Å². The number of nitrogens with zero attached hydrogens (tertiary/aromatic N) is 1. The minimum atomic E-state index is -0.542. The summed E-state index contributed by atoms with van der Waals surface area (Å²) in [5.74, 6) is 0.438. The van der Waals surface area contributed by atoms with Gasteiger partial charge in [0.1, 0.15) is 17.2 Å². The van der Waals surface area contributed by atoms with E-state index in [4.69, 9.17) is 10.00 Å². The fourth-order valence-electron chi connectivity index (χ4n) is 2.63. The largest absolute Gasteiger partial charge is 0.482 e. The van der Waals surface area contributed by atoms with Crippen molar-refractivity contribution in [1.29, 1.82) is 5.26 Å². The molecule has 0 bridgehead atoms. The lowest BCUT2D eigenvalue weighted by atomic mass is 9.85. The van der Waals surface area contributed by atoms with Gasteiger partial charge in [0.25, 0.3) is 0 Å². The number of benzene rings is 2. The van der Waals surface area contributed by atoms with Crippen molar-refractivity contribution in [3.8, 4) is 22.9 Å². The highest BCUT2D eigenvalue weighted by Crippen LogP contribution is 2.46. The number of aryl methyl sites for hydroxylation is 1. The fraction of sp³-hybridized carbons (Fsp3) is 0.235. The third-order valence-electron chi connectivity index (χ3n) is 3.71. The fourth-order valence-corrected chi connectivity index (χ4v) is 2.63. The molecule has 0 N–H and O–H groups in total. The molecule has 2 aromatic rings. The van der Waals surface area contributed by atoms with Crippen molar-refractivity contribution in [3.05, 3.63) is 52.8 Å². The van der Waals surface area contributed by atoms with Crippen molar-refractivity contribution in [3.63, 3.8) is 0 Å². The van der Waals surface area contributed by atoms with Crippen LogP contribution in [-0.4, -0.2) is 0 Å². The second kappa shape index (κ2) is 4.08. The maximum atomic E-state index is 13.8. The normalized spacial score (nSPS) is 14.8. The van der Waals surface area contributed by atoms with E-state index in [0.717, 1.165) is 16.7 Å². The third-order valence-corrected chi connectivity index (χ3v) is 3.71. The van der Waals surface area contributed by atoms with Crippen LogP contribution >= 0.6 is 0 Å². The quantitative estimate of drug-likeness (QED) is 0.713. The van der Waals surface area contributed by atoms with Crippen molar-refractivity contribution in [1.82, 2.24) is 0 Å². The molecular formula is C17H14FNO. The predicted molar refractivity (Wildman–Crippen MR) is 74.9 cm³/mol. The van der Waals surface area contributed by atoms with Gasteiger partial charge in [-0.05, 0) is 56.2 Å². The lowest BCUT2D eigenvalue weighted by Gasteiger charge is -2.35. The van der Waals surface area contributed by atoms with E-state index < -0.39 is 5.60 Å². The topological polar surface area (TPSA) is 33.0 Å². The molecular weight excluding hydrogens is 253 g/mol. The smallest absolute Gasteiger partial charge is 0.129 e. The molecule has 1 aliphatic rings. The number of nitriles is 1. The number of ether oxygens (including phenoxy) is 1. The minimum Gasteiger partial charge on any atom is -0.482 e. The SMILES string of the molecule is Cc1cc2c(cc1F)-c1ccc(C#N)cc1C(C)(C)O2. The van der Waals surface area contributed by atoms with Crippen LogP contribution in [0.25, 0.3) is 11.1 Å². The van der Waals surface area contributed by atoms with E-state index >= 15 is 0 Å². The molecule has 0 spiro atoms. The van der Waals surface area contributed by atoms with Crippen LogP contribution in [-0.2, 0) is 5.60 Å². The lowest BCUT2D eigenvalue weighted by molar-refractivity contribution is 0.105. The highest BCUT2D eigenvalue weighted by atomic mass is 19.1. The van der Waals surface area contributed by atoms with E-state index in [1.165, 1.54) is 6.07 Å². The first-order valence-corrected chi connectivity index (χ1v) is 6.46. The molecule has 1 aliphatic heterocycles. The Labute approximate surface area is 117 Å². The zero-order chi connectivity index (χ0) is 14.5. The Bertz CT molecular complexity index is 756. The van der Waals surface area contributed by atoms with Gasteiger partial charge in [0.2, 0.25) is 0 Å². The van der Waals surface area contributed by atoms with Gasteiger partial charge in [0, 0.05) is 11.1 Å². The second-order valence-electron chi connectivity index (χ2n) is 5.58. The number of hydrogen-bond donors (Lipinski definition) is 0. The van der Waals surface area contributed by atoms with Gasteiger partial charge in [0.15, 0.2) is 0 Å². The Balaban J connectivity index is 2.32. The zero-order valence-electron chi connectivity index (χ0n) is 11.6. The second-order valence-corrected chi connectivity index (χ2v) is 5.58. The maximum absolute atomic E-state index is 13.8. The van der Waals surface area contributed by atoms with Gasteiger partial charge < -0.3 is 4.74 Å². The van der Waals surface area contributed by atoms with E-state index in [9.17, 15) is 4.39 Å². The Morgan fingerprint density at radius 1 is 1.15 bits per heavy atom. The van der Waals surface area contributed by atoms with Crippen molar-refractivity contribution in [2.75, 3.05) is 0 Å². The highest BCUT2D eigenvalue weighted by molar-refractivity contribution is 5.77. The predicted octanol–water partition coefficient (Wildman–Crippen LogP) is 4.30. The number of halogens is 1. The van der Waals surface area contributed by atoms with E-state index in [1.54, 1.807) is 19.1 Å². The summed E-state index contributed by atoms with van der Waals surface area (Å²) in [4.78, 5) is 0. The molecule has 3 heteroatoms. The average Bonchev–Trinajstić information content (AvgIpc) is 2.41. The van der Waals surface area contributed by atoms with Crippen molar-refractivity contribution < 1.29 is 9.13 Å². The van der Waals surface area contributed by atoms with Crippen LogP contribution in [0, 0.1) is 24.1 Å². The molecule has 100 valence electrons. The van der Waals surface area contributed by atoms with Crippen LogP contribution in [0.5, 0.6) is 5.75 Å². The highest BCUT2D eigenvalue weighted by Gasteiger charge is 2.33. The molecule has 1 heterocycles. The molecule has 3 rings (SSSR count). The monoisotopic (exact) mass is 267 g/mol. The van der Waals surface area contributed by atoms with E-state index in [2.05, 4.69) is 6.07 Å². The summed E-state index contributed by atoms with van der Waals surface area (Å²) in [5.41, 5.74) is 3.18. The van der Waals surface area contributed by atoms with Gasteiger partial charge >= 0.3 is 0 Å². The summed E-state index contributed by atoms with van der Waals surface area (Å²) in [6.07, 6.45) is 0. The summed E-state index contributed by atoms with van der Waals surface area (Å²) < 4.78 is 19.8. The van der Waals surface area contributed by atoms with Crippen LogP contribution in [0.15, 0.2) is 30.3 Å².